The van der Waals surface area contributed by atoms with Gasteiger partial charge in [0, 0.05) is 12.1 Å². The molecule has 0 spiro atoms. The van der Waals surface area contributed by atoms with Crippen LogP contribution in [0.4, 0.5) is 8.78 Å². The van der Waals surface area contributed by atoms with Crippen LogP contribution in [0.15, 0.2) is 42.5 Å². The van der Waals surface area contributed by atoms with E-state index < -0.39 is 38.9 Å². The molecule has 134 valence electrons. The highest BCUT2D eigenvalue weighted by Gasteiger charge is 2.18. The van der Waals surface area contributed by atoms with Crippen LogP contribution in [0.1, 0.15) is 11.1 Å². The molecule has 0 unspecified atom stereocenters. The van der Waals surface area contributed by atoms with Gasteiger partial charge in [-0.1, -0.05) is 24.3 Å². The first kappa shape index (κ1) is 18.9. The summed E-state index contributed by atoms with van der Waals surface area (Å²) in [5, 5.41) is 2.36. The number of amides is 1. The zero-order valence-corrected chi connectivity index (χ0v) is 14.3. The number of nitrogens with one attached hydrogen (secondary N) is 1. The number of methoxy groups -OCH3 is 1. The quantitative estimate of drug-likeness (QED) is 0.812. The lowest BCUT2D eigenvalue weighted by Crippen LogP contribution is -2.30. The second-order valence-electron chi connectivity index (χ2n) is 5.37. The molecule has 8 heteroatoms. The molecule has 2 rings (SSSR count). The molecule has 0 atom stereocenters. The Hall–Kier alpha value is -2.48. The average molecular weight is 369 g/mol. The maximum absolute atomic E-state index is 13.6. The highest BCUT2D eigenvalue weighted by atomic mass is 32.2. The summed E-state index contributed by atoms with van der Waals surface area (Å²) < 4.78 is 55.9. The van der Waals surface area contributed by atoms with Crippen LogP contribution in [0.25, 0.3) is 0 Å². The molecule has 0 saturated carbocycles. The van der Waals surface area contributed by atoms with Crippen molar-refractivity contribution in [2.45, 2.75) is 12.3 Å². The summed E-state index contributed by atoms with van der Waals surface area (Å²) >= 11 is 0. The summed E-state index contributed by atoms with van der Waals surface area (Å²) in [5.74, 6) is -3.17. The lowest BCUT2D eigenvalue weighted by atomic mass is 10.2. The Labute approximate surface area is 144 Å². The van der Waals surface area contributed by atoms with Crippen molar-refractivity contribution in [3.05, 3.63) is 65.2 Å². The second kappa shape index (κ2) is 8.06. The van der Waals surface area contributed by atoms with E-state index >= 15 is 0 Å². The van der Waals surface area contributed by atoms with Crippen LogP contribution in [0.5, 0.6) is 5.75 Å². The number of rotatable bonds is 7. The maximum atomic E-state index is 13.6. The van der Waals surface area contributed by atoms with Gasteiger partial charge in [0.2, 0.25) is 5.91 Å². The normalized spacial score (nSPS) is 11.2. The van der Waals surface area contributed by atoms with E-state index in [0.717, 1.165) is 6.07 Å². The van der Waals surface area contributed by atoms with E-state index in [9.17, 15) is 22.0 Å². The van der Waals surface area contributed by atoms with Gasteiger partial charge in [0.25, 0.3) is 0 Å². The number of ether oxygens (including phenoxy) is 1. The zero-order chi connectivity index (χ0) is 18.4. The fraction of sp³-hybridized carbons (Fsp3) is 0.235. The fourth-order valence-corrected chi connectivity index (χ4v) is 3.48. The summed E-state index contributed by atoms with van der Waals surface area (Å²) in [6.07, 6.45) is 0. The zero-order valence-electron chi connectivity index (χ0n) is 13.5. The van der Waals surface area contributed by atoms with Crippen molar-refractivity contribution >= 4 is 15.7 Å². The van der Waals surface area contributed by atoms with Crippen molar-refractivity contribution in [1.82, 2.24) is 5.32 Å². The van der Waals surface area contributed by atoms with Gasteiger partial charge in [0.15, 0.2) is 21.4 Å². The molecule has 0 aromatic heterocycles. The molecule has 0 aliphatic heterocycles. The molecular weight excluding hydrogens is 352 g/mol. The van der Waals surface area contributed by atoms with Crippen molar-refractivity contribution in [3.63, 3.8) is 0 Å². The fourth-order valence-electron chi connectivity index (χ4n) is 2.19. The summed E-state index contributed by atoms with van der Waals surface area (Å²) in [4.78, 5) is 11.8. The number of hydrogen-bond donors (Lipinski definition) is 1. The van der Waals surface area contributed by atoms with E-state index in [2.05, 4.69) is 5.32 Å². The molecule has 0 radical (unpaired) electrons. The number of benzene rings is 2. The van der Waals surface area contributed by atoms with Gasteiger partial charge in [0.05, 0.1) is 12.9 Å². The molecular formula is C17H17F2NO4S. The minimum absolute atomic E-state index is 0.00350. The van der Waals surface area contributed by atoms with Gasteiger partial charge in [0.1, 0.15) is 11.6 Å². The molecule has 0 saturated heterocycles. The van der Waals surface area contributed by atoms with Gasteiger partial charge in [-0.3, -0.25) is 4.79 Å². The lowest BCUT2D eigenvalue weighted by Gasteiger charge is -2.08. The first-order chi connectivity index (χ1) is 11.8. The number of sulfone groups is 1. The molecule has 2 aromatic rings. The van der Waals surface area contributed by atoms with E-state index in [4.69, 9.17) is 4.74 Å². The van der Waals surface area contributed by atoms with Crippen molar-refractivity contribution < 1.29 is 26.7 Å². The molecule has 1 N–H and O–H groups in total. The van der Waals surface area contributed by atoms with Gasteiger partial charge in [-0.25, -0.2) is 17.2 Å². The molecule has 5 nitrogen and oxygen atoms in total. The van der Waals surface area contributed by atoms with Crippen LogP contribution in [0.3, 0.4) is 0 Å². The number of halogens is 2. The third kappa shape index (κ3) is 5.53. The van der Waals surface area contributed by atoms with Crippen molar-refractivity contribution in [2.24, 2.45) is 0 Å². The molecule has 0 aliphatic carbocycles. The minimum Gasteiger partial charge on any atom is -0.494 e. The molecule has 25 heavy (non-hydrogen) atoms. The Kier molecular flexibility index (Phi) is 6.08. The summed E-state index contributed by atoms with van der Waals surface area (Å²) in [6, 6.07) is 9.64. The first-order valence-electron chi connectivity index (χ1n) is 7.33. The Morgan fingerprint density at radius 3 is 2.48 bits per heavy atom. The van der Waals surface area contributed by atoms with Crippen LogP contribution >= 0.6 is 0 Å². The van der Waals surface area contributed by atoms with E-state index in [0.29, 0.717) is 0 Å². The van der Waals surface area contributed by atoms with Gasteiger partial charge >= 0.3 is 0 Å². The van der Waals surface area contributed by atoms with Crippen LogP contribution < -0.4 is 10.1 Å². The third-order valence-corrected chi connectivity index (χ3v) is 4.86. The highest BCUT2D eigenvalue weighted by molar-refractivity contribution is 7.91. The summed E-state index contributed by atoms with van der Waals surface area (Å²) in [7, 11) is -2.50. The number of carbonyl (C=O) groups excluding carboxylic acids is 1. The predicted molar refractivity (Wildman–Crippen MR) is 88.7 cm³/mol. The molecule has 0 fully saturated rings. The van der Waals surface area contributed by atoms with E-state index in [-0.39, 0.29) is 23.4 Å². The maximum Gasteiger partial charge on any atom is 0.235 e. The highest BCUT2D eigenvalue weighted by Crippen LogP contribution is 2.19. The van der Waals surface area contributed by atoms with Crippen LogP contribution in [0, 0.1) is 11.6 Å². The molecule has 0 heterocycles. The monoisotopic (exact) mass is 369 g/mol. The summed E-state index contributed by atoms with van der Waals surface area (Å²) in [5.41, 5.74) is 0.464. The Balaban J connectivity index is 1.95. The van der Waals surface area contributed by atoms with Gasteiger partial charge < -0.3 is 10.1 Å². The topological polar surface area (TPSA) is 72.5 Å². The summed E-state index contributed by atoms with van der Waals surface area (Å²) in [6.45, 7) is -0.113. The smallest absolute Gasteiger partial charge is 0.235 e. The Morgan fingerprint density at radius 2 is 1.84 bits per heavy atom. The van der Waals surface area contributed by atoms with Crippen LogP contribution in [-0.2, 0) is 26.9 Å². The van der Waals surface area contributed by atoms with Crippen molar-refractivity contribution in [2.75, 3.05) is 12.9 Å². The number of hydrogen-bond acceptors (Lipinski definition) is 4. The predicted octanol–water partition coefficient (Wildman–Crippen LogP) is 2.20. The SMILES string of the molecule is COc1ccc(CS(=O)(=O)CC(=O)NCc2ccccc2F)cc1F. The molecule has 0 aliphatic rings. The average Bonchev–Trinajstić information content (AvgIpc) is 2.53. The van der Waals surface area contributed by atoms with Crippen molar-refractivity contribution in [1.29, 1.82) is 0 Å². The largest absolute Gasteiger partial charge is 0.494 e. The minimum atomic E-state index is -3.80. The van der Waals surface area contributed by atoms with Gasteiger partial charge in [-0.05, 0) is 23.8 Å². The number of carbonyl (C=O) groups is 1. The van der Waals surface area contributed by atoms with Gasteiger partial charge in [-0.2, -0.15) is 0 Å². The molecule has 0 bridgehead atoms. The Bertz CT molecular complexity index is 869. The Morgan fingerprint density at radius 1 is 1.12 bits per heavy atom. The first-order valence-corrected chi connectivity index (χ1v) is 9.16. The van der Waals surface area contributed by atoms with Crippen molar-refractivity contribution in [3.8, 4) is 5.75 Å². The van der Waals surface area contributed by atoms with Crippen LogP contribution in [0.2, 0.25) is 0 Å². The third-order valence-electron chi connectivity index (χ3n) is 3.39. The molecule has 2 aromatic carbocycles. The standard InChI is InChI=1S/C17H17F2NO4S/c1-24-16-7-6-12(8-15(16)19)10-25(22,23)11-17(21)20-9-13-4-2-3-5-14(13)18/h2-8H,9-11H2,1H3,(H,20,21). The van der Waals surface area contributed by atoms with Crippen LogP contribution in [-0.4, -0.2) is 27.2 Å². The lowest BCUT2D eigenvalue weighted by molar-refractivity contribution is -0.118. The molecule has 1 amide bonds. The second-order valence-corrected chi connectivity index (χ2v) is 7.43. The van der Waals surface area contributed by atoms with E-state index in [1.54, 1.807) is 6.07 Å². The van der Waals surface area contributed by atoms with E-state index in [1.165, 1.54) is 37.4 Å². The van der Waals surface area contributed by atoms with E-state index in [1.807, 2.05) is 0 Å². The van der Waals surface area contributed by atoms with Gasteiger partial charge in [-0.15, -0.1) is 0 Å².